The first kappa shape index (κ1) is 12.3. The van der Waals surface area contributed by atoms with Crippen LogP contribution < -0.4 is 16.2 Å². The van der Waals surface area contributed by atoms with Gasteiger partial charge in [-0.05, 0) is 12.8 Å². The van der Waals surface area contributed by atoms with Crippen LogP contribution >= 0.6 is 11.3 Å². The standard InChI is InChI=1S/C10H12N4O4S/c11-9-12-7-6(8(16)13-9)19-10(17)14(7)5-2-1-4(3-15)18-5/h4-5,15H,1-3H2,(H3,11,12,13,16)/t4-,5?/m0/s1. The van der Waals surface area contributed by atoms with Gasteiger partial charge in [-0.1, -0.05) is 11.3 Å². The van der Waals surface area contributed by atoms with Crippen LogP contribution in [0, 0.1) is 0 Å². The van der Waals surface area contributed by atoms with E-state index in [1.165, 1.54) is 4.57 Å². The number of anilines is 1. The van der Waals surface area contributed by atoms with Crippen molar-refractivity contribution in [1.29, 1.82) is 0 Å². The van der Waals surface area contributed by atoms with Crippen molar-refractivity contribution in [3.8, 4) is 0 Å². The third-order valence-corrected chi connectivity index (χ3v) is 4.02. The molecule has 1 saturated heterocycles. The lowest BCUT2D eigenvalue weighted by Crippen LogP contribution is -2.22. The fourth-order valence-electron chi connectivity index (χ4n) is 2.23. The van der Waals surface area contributed by atoms with Crippen molar-refractivity contribution in [1.82, 2.24) is 14.5 Å². The number of ether oxygens (including phenoxy) is 1. The van der Waals surface area contributed by atoms with Crippen LogP contribution in [-0.4, -0.2) is 32.4 Å². The molecule has 3 rings (SSSR count). The van der Waals surface area contributed by atoms with Crippen LogP contribution in [0.5, 0.6) is 0 Å². The minimum absolute atomic E-state index is 0.0410. The van der Waals surface area contributed by atoms with Crippen LogP contribution in [0.3, 0.4) is 0 Å². The summed E-state index contributed by atoms with van der Waals surface area (Å²) in [7, 11) is 0. The Morgan fingerprint density at radius 3 is 3.00 bits per heavy atom. The van der Waals surface area contributed by atoms with Gasteiger partial charge in [0.15, 0.2) is 0 Å². The van der Waals surface area contributed by atoms with Gasteiger partial charge in [0.2, 0.25) is 5.95 Å². The molecule has 1 fully saturated rings. The van der Waals surface area contributed by atoms with Crippen LogP contribution in [0.1, 0.15) is 19.1 Å². The topological polar surface area (TPSA) is 123 Å². The van der Waals surface area contributed by atoms with Gasteiger partial charge in [-0.25, -0.2) is 0 Å². The average Bonchev–Trinajstić information content (AvgIpc) is 2.93. The van der Waals surface area contributed by atoms with Crippen molar-refractivity contribution in [3.05, 3.63) is 20.0 Å². The van der Waals surface area contributed by atoms with E-state index in [4.69, 9.17) is 15.6 Å². The molecule has 2 aromatic rings. The molecule has 1 unspecified atom stereocenters. The van der Waals surface area contributed by atoms with E-state index in [1.54, 1.807) is 0 Å². The highest BCUT2D eigenvalue weighted by Gasteiger charge is 2.29. The summed E-state index contributed by atoms with van der Waals surface area (Å²) in [6.07, 6.45) is 0.491. The molecular formula is C10H12N4O4S. The molecule has 2 atom stereocenters. The molecule has 8 nitrogen and oxygen atoms in total. The van der Waals surface area contributed by atoms with Crippen LogP contribution in [0.4, 0.5) is 5.95 Å². The maximum absolute atomic E-state index is 12.0. The summed E-state index contributed by atoms with van der Waals surface area (Å²) in [6.45, 7) is -0.0897. The zero-order chi connectivity index (χ0) is 13.6. The van der Waals surface area contributed by atoms with E-state index in [-0.39, 0.29) is 28.2 Å². The summed E-state index contributed by atoms with van der Waals surface area (Å²) in [5.41, 5.74) is 5.30. The number of hydrogen-bond acceptors (Lipinski definition) is 7. The Hall–Kier alpha value is -1.71. The number of aliphatic hydroxyl groups excluding tert-OH is 1. The first-order valence-electron chi connectivity index (χ1n) is 5.77. The first-order valence-corrected chi connectivity index (χ1v) is 6.59. The van der Waals surface area contributed by atoms with Crippen molar-refractivity contribution >= 4 is 27.6 Å². The Bertz CT molecular complexity index is 733. The minimum Gasteiger partial charge on any atom is -0.394 e. The van der Waals surface area contributed by atoms with Crippen molar-refractivity contribution in [2.45, 2.75) is 25.2 Å². The number of thiazole rings is 1. The number of hydrogen-bond donors (Lipinski definition) is 3. The van der Waals surface area contributed by atoms with Gasteiger partial charge < -0.3 is 20.6 Å². The highest BCUT2D eigenvalue weighted by atomic mass is 32.1. The number of rotatable bonds is 2. The van der Waals surface area contributed by atoms with Crippen LogP contribution in [-0.2, 0) is 4.74 Å². The monoisotopic (exact) mass is 284 g/mol. The molecular weight excluding hydrogens is 272 g/mol. The molecule has 0 bridgehead atoms. The summed E-state index contributed by atoms with van der Waals surface area (Å²) in [5, 5.41) is 9.05. The normalized spacial score (nSPS) is 23.2. The lowest BCUT2D eigenvalue weighted by atomic mass is 10.2. The van der Waals surface area contributed by atoms with E-state index >= 15 is 0 Å². The maximum Gasteiger partial charge on any atom is 0.311 e. The molecule has 1 aliphatic heterocycles. The summed E-state index contributed by atoms with van der Waals surface area (Å²) in [5.74, 6) is -0.0410. The highest BCUT2D eigenvalue weighted by Crippen LogP contribution is 2.29. The van der Waals surface area contributed by atoms with E-state index in [2.05, 4.69) is 9.97 Å². The zero-order valence-corrected chi connectivity index (χ0v) is 10.6. The van der Waals surface area contributed by atoms with Gasteiger partial charge in [0.25, 0.3) is 5.56 Å². The van der Waals surface area contributed by atoms with Gasteiger partial charge in [-0.2, -0.15) is 4.98 Å². The lowest BCUT2D eigenvalue weighted by Gasteiger charge is -2.13. The summed E-state index contributed by atoms with van der Waals surface area (Å²) in [4.78, 5) is 29.6. The highest BCUT2D eigenvalue weighted by molar-refractivity contribution is 7.16. The second-order valence-electron chi connectivity index (χ2n) is 4.32. The fraction of sp³-hybridized carbons (Fsp3) is 0.500. The second kappa shape index (κ2) is 4.44. The third kappa shape index (κ3) is 1.95. The molecule has 0 spiro atoms. The molecule has 3 heterocycles. The Balaban J connectivity index is 2.16. The predicted molar refractivity (Wildman–Crippen MR) is 69.1 cm³/mol. The van der Waals surface area contributed by atoms with Gasteiger partial charge in [-0.15, -0.1) is 0 Å². The molecule has 102 valence electrons. The Morgan fingerprint density at radius 1 is 1.53 bits per heavy atom. The summed E-state index contributed by atoms with van der Waals surface area (Å²) >= 11 is 0.813. The van der Waals surface area contributed by atoms with Crippen LogP contribution in [0.25, 0.3) is 10.3 Å². The number of nitrogens with two attached hydrogens (primary N) is 1. The molecule has 0 saturated carbocycles. The molecule has 0 amide bonds. The molecule has 19 heavy (non-hydrogen) atoms. The maximum atomic E-state index is 12.0. The molecule has 9 heteroatoms. The van der Waals surface area contributed by atoms with Crippen LogP contribution in [0.15, 0.2) is 9.59 Å². The number of aliphatic hydroxyl groups is 1. The van der Waals surface area contributed by atoms with E-state index in [0.29, 0.717) is 18.5 Å². The predicted octanol–water partition coefficient (Wildman–Crippen LogP) is -0.602. The molecule has 0 radical (unpaired) electrons. The van der Waals surface area contributed by atoms with Gasteiger partial charge in [0.1, 0.15) is 16.6 Å². The number of H-pyrrole nitrogens is 1. The Morgan fingerprint density at radius 2 is 2.32 bits per heavy atom. The number of nitrogen functional groups attached to an aromatic ring is 1. The smallest absolute Gasteiger partial charge is 0.311 e. The summed E-state index contributed by atoms with van der Waals surface area (Å²) in [6, 6.07) is 0. The van der Waals surface area contributed by atoms with Gasteiger partial charge in [0, 0.05) is 0 Å². The lowest BCUT2D eigenvalue weighted by molar-refractivity contribution is -0.0214. The number of aromatic amines is 1. The third-order valence-electron chi connectivity index (χ3n) is 3.08. The molecule has 1 aliphatic rings. The molecule has 4 N–H and O–H groups in total. The van der Waals surface area contributed by atoms with Crippen molar-refractivity contribution < 1.29 is 9.84 Å². The Kier molecular flexibility index (Phi) is 2.88. The van der Waals surface area contributed by atoms with E-state index in [1.807, 2.05) is 0 Å². The van der Waals surface area contributed by atoms with Crippen LogP contribution in [0.2, 0.25) is 0 Å². The zero-order valence-electron chi connectivity index (χ0n) is 9.83. The van der Waals surface area contributed by atoms with Gasteiger partial charge in [0.05, 0.1) is 12.7 Å². The largest absolute Gasteiger partial charge is 0.394 e. The second-order valence-corrected chi connectivity index (χ2v) is 5.28. The molecule has 0 aromatic carbocycles. The molecule has 0 aliphatic carbocycles. The van der Waals surface area contributed by atoms with Crippen molar-refractivity contribution in [2.24, 2.45) is 0 Å². The Labute approximate surface area is 110 Å². The van der Waals surface area contributed by atoms with E-state index in [9.17, 15) is 9.59 Å². The minimum atomic E-state index is -0.524. The number of fused-ring (bicyclic) bond motifs is 1. The number of nitrogens with zero attached hydrogens (tertiary/aromatic N) is 2. The SMILES string of the molecule is Nc1nc(=O)c2sc(=O)n(C3CC[C@@H](CO)O3)c2[nH]1. The van der Waals surface area contributed by atoms with E-state index in [0.717, 1.165) is 11.3 Å². The fourth-order valence-corrected chi connectivity index (χ4v) is 3.09. The van der Waals surface area contributed by atoms with Gasteiger partial charge >= 0.3 is 4.87 Å². The van der Waals surface area contributed by atoms with Crippen molar-refractivity contribution in [2.75, 3.05) is 12.3 Å². The first-order chi connectivity index (χ1) is 9.10. The number of nitrogens with one attached hydrogen (secondary N) is 1. The van der Waals surface area contributed by atoms with E-state index < -0.39 is 11.8 Å². The average molecular weight is 284 g/mol. The van der Waals surface area contributed by atoms with Gasteiger partial charge in [-0.3, -0.25) is 14.2 Å². The quantitative estimate of drug-likeness (QED) is 0.676. The van der Waals surface area contributed by atoms with Crippen molar-refractivity contribution in [3.63, 3.8) is 0 Å². The summed E-state index contributed by atoms with van der Waals surface area (Å²) < 4.78 is 7.16. The number of aromatic nitrogens is 3. The molecule has 2 aromatic heterocycles.